The minimum Gasteiger partial charge on any atom is -0.380 e. The Morgan fingerprint density at radius 1 is 1.24 bits per heavy atom. The van der Waals surface area contributed by atoms with Gasteiger partial charge in [0.2, 0.25) is 0 Å². The second kappa shape index (κ2) is 5.25. The first kappa shape index (κ1) is 12.0. The molecule has 2 rings (SSSR count). The van der Waals surface area contributed by atoms with Gasteiger partial charge < -0.3 is 4.74 Å². The summed E-state index contributed by atoms with van der Waals surface area (Å²) in [6.45, 7) is 2.37. The molecule has 0 bridgehead atoms. The van der Waals surface area contributed by atoms with E-state index in [9.17, 15) is 0 Å². The lowest BCUT2D eigenvalue weighted by Gasteiger charge is -2.08. The summed E-state index contributed by atoms with van der Waals surface area (Å²) in [4.78, 5) is 8.64. The first-order valence-corrected chi connectivity index (χ1v) is 5.66. The summed E-state index contributed by atoms with van der Waals surface area (Å²) in [6.07, 6.45) is 1.80. The Morgan fingerprint density at radius 2 is 1.94 bits per heavy atom. The zero-order valence-electron chi connectivity index (χ0n) is 9.77. The Balaban J connectivity index is 2.48. The van der Waals surface area contributed by atoms with Crippen LogP contribution >= 0.6 is 11.6 Å². The lowest BCUT2D eigenvalue weighted by atomic mass is 10.1. The fraction of sp³-hybridized carbons (Fsp3) is 0.231. The number of rotatable bonds is 3. The topological polar surface area (TPSA) is 35.0 Å². The number of hydrogen-bond donors (Lipinski definition) is 0. The molecule has 0 saturated carbocycles. The minimum atomic E-state index is 0.498. The van der Waals surface area contributed by atoms with E-state index in [1.54, 1.807) is 13.3 Å². The minimum absolute atomic E-state index is 0.498. The van der Waals surface area contributed by atoms with Crippen molar-refractivity contribution in [2.75, 3.05) is 7.11 Å². The quantitative estimate of drug-likeness (QED) is 0.836. The predicted octanol–water partition coefficient (Wildman–Crippen LogP) is 3.25. The zero-order valence-corrected chi connectivity index (χ0v) is 10.5. The third-order valence-electron chi connectivity index (χ3n) is 2.40. The highest BCUT2D eigenvalue weighted by molar-refractivity contribution is 6.30. The van der Waals surface area contributed by atoms with E-state index >= 15 is 0 Å². The molecule has 1 heterocycles. The molecule has 0 aliphatic rings. The van der Waals surface area contributed by atoms with Gasteiger partial charge in [0.25, 0.3) is 0 Å². The molecule has 0 aliphatic heterocycles. The Morgan fingerprint density at radius 3 is 2.59 bits per heavy atom. The van der Waals surface area contributed by atoms with Gasteiger partial charge in [-0.3, -0.25) is 0 Å². The summed E-state index contributed by atoms with van der Waals surface area (Å²) in [5, 5.41) is 0.716. The van der Waals surface area contributed by atoms with Gasteiger partial charge >= 0.3 is 0 Å². The van der Waals surface area contributed by atoms with Gasteiger partial charge in [0.05, 0.1) is 12.3 Å². The van der Waals surface area contributed by atoms with Gasteiger partial charge in [-0.05, 0) is 19.1 Å². The number of nitrogens with zero attached hydrogens (tertiary/aromatic N) is 2. The van der Waals surface area contributed by atoms with Crippen molar-refractivity contribution in [2.45, 2.75) is 13.5 Å². The summed E-state index contributed by atoms with van der Waals surface area (Å²) in [5.41, 5.74) is 2.89. The maximum Gasteiger partial charge on any atom is 0.125 e. The standard InChI is InChI=1S/C13H13ClN2O/c1-9-15-7-11(8-17-2)13(16-9)10-3-5-12(14)6-4-10/h3-7H,8H2,1-2H3. The number of halogens is 1. The lowest BCUT2D eigenvalue weighted by molar-refractivity contribution is 0.184. The average Bonchev–Trinajstić information content (AvgIpc) is 2.33. The van der Waals surface area contributed by atoms with Crippen molar-refractivity contribution in [2.24, 2.45) is 0 Å². The molecule has 88 valence electrons. The van der Waals surface area contributed by atoms with Gasteiger partial charge in [0, 0.05) is 29.5 Å². The molecule has 0 N–H and O–H groups in total. The molecular weight excluding hydrogens is 236 g/mol. The number of aryl methyl sites for hydroxylation is 1. The molecule has 17 heavy (non-hydrogen) atoms. The molecule has 0 unspecified atom stereocenters. The van der Waals surface area contributed by atoms with Crippen LogP contribution in [0.4, 0.5) is 0 Å². The SMILES string of the molecule is COCc1cnc(C)nc1-c1ccc(Cl)cc1. The number of benzene rings is 1. The third kappa shape index (κ3) is 2.81. The van der Waals surface area contributed by atoms with Crippen molar-refractivity contribution in [1.29, 1.82) is 0 Å². The van der Waals surface area contributed by atoms with E-state index in [0.717, 1.165) is 22.6 Å². The van der Waals surface area contributed by atoms with Gasteiger partial charge in [0.1, 0.15) is 5.82 Å². The number of aromatic nitrogens is 2. The molecule has 2 aromatic rings. The van der Waals surface area contributed by atoms with Gasteiger partial charge in [-0.15, -0.1) is 0 Å². The smallest absolute Gasteiger partial charge is 0.125 e. The highest BCUT2D eigenvalue weighted by atomic mass is 35.5. The maximum absolute atomic E-state index is 5.87. The van der Waals surface area contributed by atoms with Gasteiger partial charge in [-0.1, -0.05) is 23.7 Å². The summed E-state index contributed by atoms with van der Waals surface area (Å²) < 4.78 is 5.15. The highest BCUT2D eigenvalue weighted by Gasteiger charge is 2.08. The Kier molecular flexibility index (Phi) is 3.71. The molecule has 0 fully saturated rings. The van der Waals surface area contributed by atoms with E-state index in [-0.39, 0.29) is 0 Å². The fourth-order valence-corrected chi connectivity index (χ4v) is 1.74. The van der Waals surface area contributed by atoms with Crippen LogP contribution in [0, 0.1) is 6.92 Å². The molecule has 0 spiro atoms. The Hall–Kier alpha value is -1.45. The van der Waals surface area contributed by atoms with E-state index in [4.69, 9.17) is 16.3 Å². The molecule has 0 radical (unpaired) electrons. The maximum atomic E-state index is 5.87. The second-order valence-electron chi connectivity index (χ2n) is 3.73. The van der Waals surface area contributed by atoms with Crippen LogP contribution in [-0.2, 0) is 11.3 Å². The van der Waals surface area contributed by atoms with Gasteiger partial charge in [-0.2, -0.15) is 0 Å². The third-order valence-corrected chi connectivity index (χ3v) is 2.65. The number of hydrogen-bond acceptors (Lipinski definition) is 3. The first-order valence-electron chi connectivity index (χ1n) is 5.28. The summed E-state index contributed by atoms with van der Waals surface area (Å²) in [5.74, 6) is 0.745. The molecule has 0 amide bonds. The first-order chi connectivity index (χ1) is 8.20. The lowest BCUT2D eigenvalue weighted by Crippen LogP contribution is -1.99. The van der Waals surface area contributed by atoms with Crippen LogP contribution in [0.3, 0.4) is 0 Å². The monoisotopic (exact) mass is 248 g/mol. The fourth-order valence-electron chi connectivity index (χ4n) is 1.61. The van der Waals surface area contributed by atoms with Crippen LogP contribution in [0.2, 0.25) is 5.02 Å². The Labute approximate surface area is 105 Å². The summed E-state index contributed by atoms with van der Waals surface area (Å²) in [6, 6.07) is 7.60. The largest absolute Gasteiger partial charge is 0.380 e. The van der Waals surface area contributed by atoms with Crippen molar-refractivity contribution in [3.05, 3.63) is 46.9 Å². The molecule has 0 aliphatic carbocycles. The zero-order chi connectivity index (χ0) is 12.3. The summed E-state index contributed by atoms with van der Waals surface area (Å²) in [7, 11) is 1.66. The van der Waals surface area contributed by atoms with Crippen LogP contribution in [-0.4, -0.2) is 17.1 Å². The van der Waals surface area contributed by atoms with E-state index < -0.39 is 0 Å². The van der Waals surface area contributed by atoms with Crippen LogP contribution in [0.1, 0.15) is 11.4 Å². The molecule has 0 atom stereocenters. The van der Waals surface area contributed by atoms with Crippen LogP contribution in [0.25, 0.3) is 11.3 Å². The van der Waals surface area contributed by atoms with Crippen molar-refractivity contribution in [3.8, 4) is 11.3 Å². The van der Waals surface area contributed by atoms with Crippen LogP contribution < -0.4 is 0 Å². The van der Waals surface area contributed by atoms with Crippen molar-refractivity contribution >= 4 is 11.6 Å². The van der Waals surface area contributed by atoms with Crippen LogP contribution in [0.15, 0.2) is 30.5 Å². The molecule has 1 aromatic heterocycles. The van der Waals surface area contributed by atoms with E-state index in [0.29, 0.717) is 11.6 Å². The summed E-state index contributed by atoms with van der Waals surface area (Å²) >= 11 is 5.87. The van der Waals surface area contributed by atoms with Crippen molar-refractivity contribution in [1.82, 2.24) is 9.97 Å². The van der Waals surface area contributed by atoms with E-state index in [1.807, 2.05) is 31.2 Å². The van der Waals surface area contributed by atoms with E-state index in [1.165, 1.54) is 0 Å². The Bertz CT molecular complexity index is 511. The molecular formula is C13H13ClN2O. The van der Waals surface area contributed by atoms with E-state index in [2.05, 4.69) is 9.97 Å². The average molecular weight is 249 g/mol. The molecule has 4 heteroatoms. The number of methoxy groups -OCH3 is 1. The van der Waals surface area contributed by atoms with Gasteiger partial charge in [-0.25, -0.2) is 9.97 Å². The molecule has 3 nitrogen and oxygen atoms in total. The molecule has 0 saturated heterocycles. The van der Waals surface area contributed by atoms with Crippen molar-refractivity contribution < 1.29 is 4.74 Å². The second-order valence-corrected chi connectivity index (χ2v) is 4.17. The normalized spacial score (nSPS) is 10.5. The van der Waals surface area contributed by atoms with Crippen LogP contribution in [0.5, 0.6) is 0 Å². The highest BCUT2D eigenvalue weighted by Crippen LogP contribution is 2.23. The van der Waals surface area contributed by atoms with Gasteiger partial charge in [0.15, 0.2) is 0 Å². The number of ether oxygens (including phenoxy) is 1. The molecule has 1 aromatic carbocycles. The van der Waals surface area contributed by atoms with Crippen molar-refractivity contribution in [3.63, 3.8) is 0 Å². The predicted molar refractivity (Wildman–Crippen MR) is 67.9 cm³/mol.